The lowest BCUT2D eigenvalue weighted by atomic mass is 9.79. The second-order valence-corrected chi connectivity index (χ2v) is 9.71. The number of nitrogens with zero attached hydrogens (tertiary/aromatic N) is 5. The molecule has 206 valence electrons. The Morgan fingerprint density at radius 2 is 1.74 bits per heavy atom. The number of benzene rings is 1. The van der Waals surface area contributed by atoms with Gasteiger partial charge in [-0.2, -0.15) is 5.10 Å². The second kappa shape index (κ2) is 11.0. The van der Waals surface area contributed by atoms with Crippen LogP contribution in [0.1, 0.15) is 70.2 Å². The van der Waals surface area contributed by atoms with Crippen molar-refractivity contribution in [2.75, 3.05) is 31.1 Å². The van der Waals surface area contributed by atoms with Crippen LogP contribution in [0, 0.1) is 0 Å². The molecule has 8 nitrogen and oxygen atoms in total. The fourth-order valence-corrected chi connectivity index (χ4v) is 5.38. The van der Waals surface area contributed by atoms with Crippen LogP contribution in [-0.4, -0.2) is 62.8 Å². The summed E-state index contributed by atoms with van der Waals surface area (Å²) < 4.78 is 53.1. The molecule has 1 aliphatic heterocycles. The zero-order valence-electron chi connectivity index (χ0n) is 20.9. The van der Waals surface area contributed by atoms with Crippen LogP contribution >= 0.6 is 0 Å². The van der Waals surface area contributed by atoms with E-state index in [4.69, 9.17) is 0 Å². The number of aromatic carboxylic acids is 1. The summed E-state index contributed by atoms with van der Waals surface area (Å²) in [5, 5.41) is 13.2. The molecule has 39 heavy (non-hydrogen) atoms. The van der Waals surface area contributed by atoms with Crippen molar-refractivity contribution < 1.29 is 32.3 Å². The Morgan fingerprint density at radius 3 is 2.44 bits per heavy atom. The summed E-state index contributed by atoms with van der Waals surface area (Å²) in [5.74, 6) is -1.11. The molecule has 12 heteroatoms. The van der Waals surface area contributed by atoms with E-state index in [9.17, 15) is 32.3 Å². The SMILES string of the molecule is O=C(O)c1cc(C2CCCc3ccccc32)cc(N2CCN(C(=O)Cn3nc(C(F)F)cc3C(F)F)CC2)n1. The Morgan fingerprint density at radius 1 is 1.00 bits per heavy atom. The van der Waals surface area contributed by atoms with Crippen LogP contribution in [0.2, 0.25) is 0 Å². The zero-order chi connectivity index (χ0) is 27.7. The van der Waals surface area contributed by atoms with Crippen molar-refractivity contribution in [1.82, 2.24) is 19.7 Å². The summed E-state index contributed by atoms with van der Waals surface area (Å²) in [6.45, 7) is 0.556. The van der Waals surface area contributed by atoms with Gasteiger partial charge >= 0.3 is 5.97 Å². The molecule has 1 fully saturated rings. The van der Waals surface area contributed by atoms with E-state index in [1.807, 2.05) is 23.1 Å². The number of carboxylic acids is 1. The fraction of sp³-hybridized carbons (Fsp3) is 0.407. The predicted molar refractivity (Wildman–Crippen MR) is 133 cm³/mol. The molecule has 1 atom stereocenters. The smallest absolute Gasteiger partial charge is 0.354 e. The second-order valence-electron chi connectivity index (χ2n) is 9.71. The number of hydrogen-bond donors (Lipinski definition) is 1. The van der Waals surface area contributed by atoms with Crippen molar-refractivity contribution in [3.8, 4) is 0 Å². The molecule has 2 aromatic heterocycles. The minimum Gasteiger partial charge on any atom is -0.477 e. The Labute approximate surface area is 221 Å². The van der Waals surface area contributed by atoms with E-state index in [0.29, 0.717) is 29.7 Å². The van der Waals surface area contributed by atoms with Gasteiger partial charge in [0.15, 0.2) is 5.69 Å². The van der Waals surface area contributed by atoms with Gasteiger partial charge < -0.3 is 14.9 Å². The highest BCUT2D eigenvalue weighted by Crippen LogP contribution is 2.38. The van der Waals surface area contributed by atoms with Crippen molar-refractivity contribution in [3.63, 3.8) is 0 Å². The molecule has 3 aromatic rings. The molecular formula is C27H27F4N5O3. The molecule has 0 spiro atoms. The number of hydrogen-bond acceptors (Lipinski definition) is 5. The molecule has 1 unspecified atom stereocenters. The Bertz CT molecular complexity index is 1370. The van der Waals surface area contributed by atoms with Crippen LogP contribution in [0.3, 0.4) is 0 Å². The van der Waals surface area contributed by atoms with Crippen LogP contribution in [-0.2, 0) is 17.8 Å². The van der Waals surface area contributed by atoms with E-state index in [-0.39, 0.29) is 24.7 Å². The molecule has 1 amide bonds. The number of fused-ring (bicyclic) bond motifs is 1. The average molecular weight is 546 g/mol. The third-order valence-electron chi connectivity index (χ3n) is 7.34. The number of alkyl halides is 4. The Balaban J connectivity index is 1.31. The fourth-order valence-electron chi connectivity index (χ4n) is 5.38. The highest BCUT2D eigenvalue weighted by Gasteiger charge is 2.28. The van der Waals surface area contributed by atoms with Gasteiger partial charge in [0.25, 0.3) is 12.9 Å². The first-order valence-electron chi connectivity index (χ1n) is 12.7. The molecule has 1 saturated heterocycles. The van der Waals surface area contributed by atoms with E-state index < -0.39 is 42.7 Å². The van der Waals surface area contributed by atoms with Gasteiger partial charge in [-0.15, -0.1) is 0 Å². The van der Waals surface area contributed by atoms with Crippen molar-refractivity contribution >= 4 is 17.7 Å². The molecule has 2 aliphatic rings. The lowest BCUT2D eigenvalue weighted by molar-refractivity contribution is -0.132. The van der Waals surface area contributed by atoms with E-state index in [0.717, 1.165) is 24.8 Å². The number of halogens is 4. The molecule has 5 rings (SSSR count). The van der Waals surface area contributed by atoms with Crippen molar-refractivity contribution in [2.45, 2.75) is 44.6 Å². The van der Waals surface area contributed by atoms with Crippen LogP contribution in [0.15, 0.2) is 42.5 Å². The van der Waals surface area contributed by atoms with Gasteiger partial charge in [0.05, 0.1) is 0 Å². The van der Waals surface area contributed by atoms with Crippen molar-refractivity contribution in [2.24, 2.45) is 0 Å². The summed E-state index contributed by atoms with van der Waals surface area (Å²) in [5.41, 5.74) is 1.72. The number of piperazine rings is 1. The summed E-state index contributed by atoms with van der Waals surface area (Å²) in [6, 6.07) is 12.3. The summed E-state index contributed by atoms with van der Waals surface area (Å²) in [6.07, 6.45) is -3.21. The quantitative estimate of drug-likeness (QED) is 0.434. The maximum absolute atomic E-state index is 13.3. The van der Waals surface area contributed by atoms with E-state index in [2.05, 4.69) is 22.2 Å². The zero-order valence-corrected chi connectivity index (χ0v) is 20.9. The number of carbonyl (C=O) groups is 2. The first kappa shape index (κ1) is 26.6. The highest BCUT2D eigenvalue weighted by atomic mass is 19.3. The first-order chi connectivity index (χ1) is 18.7. The summed E-state index contributed by atoms with van der Waals surface area (Å²) >= 11 is 0. The normalized spacial score (nSPS) is 17.5. The van der Waals surface area contributed by atoms with Gasteiger partial charge in [-0.3, -0.25) is 9.48 Å². The van der Waals surface area contributed by atoms with Gasteiger partial charge in [0.2, 0.25) is 5.91 Å². The van der Waals surface area contributed by atoms with Crippen LogP contribution in [0.4, 0.5) is 23.4 Å². The Hall–Kier alpha value is -3.96. The number of carboxylic acid groups (broad SMARTS) is 1. The van der Waals surface area contributed by atoms with Crippen molar-refractivity contribution in [1.29, 1.82) is 0 Å². The number of anilines is 1. The molecule has 1 N–H and O–H groups in total. The maximum atomic E-state index is 13.3. The van der Waals surface area contributed by atoms with Crippen molar-refractivity contribution in [3.05, 3.63) is 76.2 Å². The van der Waals surface area contributed by atoms with Gasteiger partial charge in [0, 0.05) is 32.1 Å². The number of rotatable bonds is 7. The van der Waals surface area contributed by atoms with Crippen LogP contribution < -0.4 is 4.90 Å². The van der Waals surface area contributed by atoms with Gasteiger partial charge in [-0.25, -0.2) is 27.3 Å². The van der Waals surface area contributed by atoms with Crippen LogP contribution in [0.25, 0.3) is 0 Å². The largest absolute Gasteiger partial charge is 0.477 e. The monoisotopic (exact) mass is 545 g/mol. The summed E-state index contributed by atoms with van der Waals surface area (Å²) in [4.78, 5) is 32.4. The number of aryl methyl sites for hydroxylation is 1. The number of pyridine rings is 1. The minimum atomic E-state index is -3.05. The topological polar surface area (TPSA) is 91.6 Å². The maximum Gasteiger partial charge on any atom is 0.354 e. The third kappa shape index (κ3) is 5.59. The third-order valence-corrected chi connectivity index (χ3v) is 7.34. The Kier molecular flexibility index (Phi) is 7.53. The van der Waals surface area contributed by atoms with Gasteiger partial charge in [-0.1, -0.05) is 24.3 Å². The molecule has 0 radical (unpaired) electrons. The lowest BCUT2D eigenvalue weighted by Gasteiger charge is -2.36. The molecule has 3 heterocycles. The number of amides is 1. The van der Waals surface area contributed by atoms with E-state index in [1.165, 1.54) is 16.0 Å². The molecule has 1 aliphatic carbocycles. The summed E-state index contributed by atoms with van der Waals surface area (Å²) in [7, 11) is 0. The average Bonchev–Trinajstić information content (AvgIpc) is 3.37. The molecular weight excluding hydrogens is 518 g/mol. The number of aromatic nitrogens is 3. The highest BCUT2D eigenvalue weighted by molar-refractivity contribution is 5.86. The molecule has 0 saturated carbocycles. The standard InChI is InChI=1S/C27H27F4N5O3/c28-25(29)20-14-22(26(30)31)36(33-20)15-24(37)35-10-8-34(9-11-35)23-13-17(12-21(32-23)27(38)39)19-7-3-5-16-4-1-2-6-18(16)19/h1-2,4,6,12-14,19,25-26H,3,5,7-11,15H2,(H,38,39). The number of carbonyl (C=O) groups excluding carboxylic acids is 1. The minimum absolute atomic E-state index is 0.0499. The molecule has 0 bridgehead atoms. The van der Waals surface area contributed by atoms with Crippen LogP contribution in [0.5, 0.6) is 0 Å². The van der Waals surface area contributed by atoms with E-state index in [1.54, 1.807) is 6.07 Å². The van der Waals surface area contributed by atoms with Gasteiger partial charge in [-0.05, 0) is 54.2 Å². The predicted octanol–water partition coefficient (Wildman–Crippen LogP) is 4.67. The first-order valence-corrected chi connectivity index (χ1v) is 12.7. The molecule has 1 aromatic carbocycles. The van der Waals surface area contributed by atoms with Gasteiger partial charge in [0.1, 0.15) is 23.8 Å². The van der Waals surface area contributed by atoms with E-state index >= 15 is 0 Å². The lowest BCUT2D eigenvalue weighted by Crippen LogP contribution is -2.50.